The highest BCUT2D eigenvalue weighted by molar-refractivity contribution is 5.76. The van der Waals surface area contributed by atoms with Crippen molar-refractivity contribution in [2.75, 3.05) is 19.8 Å². The minimum Gasteiger partial charge on any atom is -0.462 e. The van der Waals surface area contributed by atoms with Gasteiger partial charge in [-0.25, -0.2) is 0 Å². The zero-order valence-electron chi connectivity index (χ0n) is 27.6. The predicted octanol–water partition coefficient (Wildman–Crippen LogP) is 4.29. The Hall–Kier alpha value is -2.12. The van der Waals surface area contributed by atoms with Crippen LogP contribution < -0.4 is 0 Å². The zero-order valence-corrected chi connectivity index (χ0v) is 27.6. The van der Waals surface area contributed by atoms with Crippen molar-refractivity contribution >= 4 is 11.9 Å². The molecule has 11 nitrogen and oxygen atoms in total. The number of hydrogen-bond donors (Lipinski definition) is 0. The Bertz CT molecular complexity index is 1220. The number of carbonyl (C=O) groups is 2. The van der Waals surface area contributed by atoms with Crippen molar-refractivity contribution in [3.8, 4) is 0 Å². The fourth-order valence-corrected chi connectivity index (χ4v) is 6.33. The summed E-state index contributed by atoms with van der Waals surface area (Å²) in [6.07, 6.45) is -3.89. The Morgan fingerprint density at radius 3 is 2.11 bits per heavy atom. The maximum atomic E-state index is 13.2. The van der Waals surface area contributed by atoms with Gasteiger partial charge in [0, 0.05) is 0 Å². The van der Waals surface area contributed by atoms with E-state index in [0.717, 1.165) is 5.56 Å². The maximum absolute atomic E-state index is 13.2. The average Bonchev–Trinajstić information content (AvgIpc) is 3.57. The molecule has 0 saturated carbocycles. The van der Waals surface area contributed by atoms with Gasteiger partial charge in [0.05, 0.1) is 24.0 Å². The molecule has 4 aliphatic rings. The number of carbonyl (C=O) groups excluding carboxylic acids is 2. The summed E-state index contributed by atoms with van der Waals surface area (Å²) in [6.45, 7) is 17.7. The van der Waals surface area contributed by atoms with E-state index in [1.165, 1.54) is 0 Å². The summed E-state index contributed by atoms with van der Waals surface area (Å²) < 4.78 is 58.0. The Balaban J connectivity index is 1.61. The van der Waals surface area contributed by atoms with Crippen LogP contribution in [0.1, 0.15) is 74.8 Å². The highest BCUT2D eigenvalue weighted by Crippen LogP contribution is 2.59. The van der Waals surface area contributed by atoms with Gasteiger partial charge in [0.2, 0.25) is 0 Å². The molecule has 0 aromatic heterocycles. The third-order valence-electron chi connectivity index (χ3n) is 8.30. The number of hydrogen-bond acceptors (Lipinski definition) is 11. The van der Waals surface area contributed by atoms with E-state index in [1.807, 2.05) is 30.3 Å². The predicted molar refractivity (Wildman–Crippen MR) is 156 cm³/mol. The maximum Gasteiger partial charge on any atom is 0.311 e. The molecule has 0 amide bonds. The monoisotopic (exact) mass is 620 g/mol. The topological polar surface area (TPSA) is 117 Å². The van der Waals surface area contributed by atoms with Crippen molar-refractivity contribution in [3.05, 3.63) is 35.9 Å². The first-order valence-electron chi connectivity index (χ1n) is 15.3. The summed E-state index contributed by atoms with van der Waals surface area (Å²) in [4.78, 5) is 26.2. The molecule has 0 aliphatic carbocycles. The number of benzene rings is 1. The van der Waals surface area contributed by atoms with Crippen LogP contribution in [0.4, 0.5) is 0 Å². The summed E-state index contributed by atoms with van der Waals surface area (Å²) >= 11 is 0. The largest absolute Gasteiger partial charge is 0.462 e. The third-order valence-corrected chi connectivity index (χ3v) is 8.30. The van der Waals surface area contributed by atoms with E-state index in [4.69, 9.17) is 42.6 Å². The lowest BCUT2D eigenvalue weighted by Crippen LogP contribution is -2.77. The van der Waals surface area contributed by atoms with E-state index in [9.17, 15) is 9.59 Å². The fraction of sp³-hybridized carbons (Fsp3) is 0.758. The second-order valence-electron chi connectivity index (χ2n) is 15.1. The van der Waals surface area contributed by atoms with E-state index in [-0.39, 0.29) is 26.4 Å². The number of rotatable bonds is 8. The Morgan fingerprint density at radius 1 is 0.864 bits per heavy atom. The van der Waals surface area contributed by atoms with E-state index in [2.05, 4.69) is 0 Å². The molecule has 1 aromatic rings. The highest BCUT2D eigenvalue weighted by atomic mass is 16.8. The number of esters is 2. The van der Waals surface area contributed by atoms with Crippen molar-refractivity contribution in [1.29, 1.82) is 0 Å². The molecule has 4 aliphatic heterocycles. The molecule has 4 heterocycles. The highest BCUT2D eigenvalue weighted by Gasteiger charge is 2.81. The Kier molecular flexibility index (Phi) is 8.53. The molecule has 0 unspecified atom stereocenters. The van der Waals surface area contributed by atoms with Crippen LogP contribution in [0.5, 0.6) is 0 Å². The minimum absolute atomic E-state index is 0.212. The van der Waals surface area contributed by atoms with Gasteiger partial charge in [0.1, 0.15) is 37.6 Å². The lowest BCUT2D eigenvalue weighted by atomic mass is 9.71. The average molecular weight is 621 g/mol. The van der Waals surface area contributed by atoms with Crippen molar-refractivity contribution in [3.63, 3.8) is 0 Å². The van der Waals surface area contributed by atoms with Gasteiger partial charge in [0.25, 0.3) is 0 Å². The third kappa shape index (κ3) is 6.04. The fourth-order valence-electron chi connectivity index (χ4n) is 6.33. The summed E-state index contributed by atoms with van der Waals surface area (Å²) in [5, 5.41) is 0. The van der Waals surface area contributed by atoms with Gasteiger partial charge in [-0.2, -0.15) is 0 Å². The van der Waals surface area contributed by atoms with Gasteiger partial charge >= 0.3 is 11.9 Å². The molecule has 7 atom stereocenters. The molecule has 1 aromatic carbocycles. The van der Waals surface area contributed by atoms with Crippen LogP contribution in [0, 0.1) is 10.8 Å². The van der Waals surface area contributed by atoms with Gasteiger partial charge in [-0.05, 0) is 74.8 Å². The van der Waals surface area contributed by atoms with Gasteiger partial charge in [0.15, 0.2) is 29.1 Å². The molecule has 2 bridgehead atoms. The quantitative estimate of drug-likeness (QED) is 0.388. The van der Waals surface area contributed by atoms with Crippen molar-refractivity contribution in [2.24, 2.45) is 10.8 Å². The molecular weight excluding hydrogens is 572 g/mol. The van der Waals surface area contributed by atoms with Crippen LogP contribution in [0.15, 0.2) is 30.3 Å². The molecule has 0 spiro atoms. The van der Waals surface area contributed by atoms with Gasteiger partial charge < -0.3 is 42.6 Å². The Labute approximate surface area is 260 Å². The summed E-state index contributed by atoms with van der Waals surface area (Å²) in [6, 6.07) is 9.79. The van der Waals surface area contributed by atoms with Gasteiger partial charge in [-0.3, -0.25) is 9.59 Å². The van der Waals surface area contributed by atoms with Crippen LogP contribution >= 0.6 is 0 Å². The normalized spacial score (nSPS) is 35.7. The van der Waals surface area contributed by atoms with Crippen LogP contribution in [-0.4, -0.2) is 85.2 Å². The van der Waals surface area contributed by atoms with Crippen molar-refractivity contribution in [2.45, 2.75) is 129 Å². The standard InChI is InChI=1S/C33H48O11/c1-28(2,3)25(34)37-18-22-32(43-30(7,8)41-22,19-39-26(35)29(4,5)6)33-24(42-31(9,10)44-33)23(21-17-38-27(33)40-21)36-16-20-14-12-11-13-15-20/h11-15,21-24,27H,16-19H2,1-10H3/t21-,22-,23+,24+,27-,32+,33+/m1/s1. The van der Waals surface area contributed by atoms with Crippen molar-refractivity contribution in [1.82, 2.24) is 0 Å². The van der Waals surface area contributed by atoms with Gasteiger partial charge in [-0.1, -0.05) is 30.3 Å². The molecular formula is C33H48O11. The zero-order chi connectivity index (χ0) is 32.3. The van der Waals surface area contributed by atoms with Crippen LogP contribution in [0.3, 0.4) is 0 Å². The van der Waals surface area contributed by atoms with E-state index >= 15 is 0 Å². The molecule has 0 radical (unpaired) electrons. The molecule has 11 heteroatoms. The first-order valence-corrected chi connectivity index (χ1v) is 15.3. The molecule has 246 valence electrons. The summed E-state index contributed by atoms with van der Waals surface area (Å²) in [7, 11) is 0. The molecule has 4 fully saturated rings. The smallest absolute Gasteiger partial charge is 0.311 e. The minimum atomic E-state index is -1.62. The second-order valence-corrected chi connectivity index (χ2v) is 15.1. The van der Waals surface area contributed by atoms with Crippen LogP contribution in [0.25, 0.3) is 0 Å². The van der Waals surface area contributed by atoms with E-state index in [1.54, 1.807) is 69.2 Å². The van der Waals surface area contributed by atoms with Gasteiger partial charge in [-0.15, -0.1) is 0 Å². The summed E-state index contributed by atoms with van der Waals surface area (Å²) in [5.74, 6) is -3.25. The first kappa shape index (κ1) is 33.2. The van der Waals surface area contributed by atoms with E-state index < -0.39 is 76.3 Å². The SMILES string of the molecule is CC1(C)O[C@H]2[C@@H](OCc3ccccc3)[C@H]3CO[C@H](O3)[C@@]2([C@@]2(COC(=O)C(C)(C)C)OC(C)(C)O[C@@H]2COC(=O)C(C)(C)C)O1. The van der Waals surface area contributed by atoms with Crippen LogP contribution in [0.2, 0.25) is 0 Å². The molecule has 44 heavy (non-hydrogen) atoms. The first-order chi connectivity index (χ1) is 20.3. The molecule has 5 rings (SSSR count). The van der Waals surface area contributed by atoms with E-state index in [0.29, 0.717) is 0 Å². The van der Waals surface area contributed by atoms with Crippen LogP contribution in [-0.2, 0) is 58.8 Å². The second kappa shape index (κ2) is 11.3. The lowest BCUT2D eigenvalue weighted by Gasteiger charge is -2.53. The Morgan fingerprint density at radius 2 is 1.48 bits per heavy atom. The number of fused-ring (bicyclic) bond motifs is 4. The van der Waals surface area contributed by atoms with Crippen molar-refractivity contribution < 1.29 is 52.2 Å². The summed E-state index contributed by atoms with van der Waals surface area (Å²) in [5.41, 5.74) is -3.80. The number of ether oxygens (including phenoxy) is 9. The lowest BCUT2D eigenvalue weighted by molar-refractivity contribution is -0.335. The molecule has 4 saturated heterocycles. The molecule has 0 N–H and O–H groups in total.